The molecule has 3 nitrogen and oxygen atoms in total. The lowest BCUT2D eigenvalue weighted by Crippen LogP contribution is -2.27. The highest BCUT2D eigenvalue weighted by Gasteiger charge is 2.17. The lowest BCUT2D eigenvalue weighted by molar-refractivity contribution is 0.445. The number of benzene rings is 1. The van der Waals surface area contributed by atoms with E-state index in [1.807, 2.05) is 23.1 Å². The highest BCUT2D eigenvalue weighted by molar-refractivity contribution is 5.52. The van der Waals surface area contributed by atoms with Crippen molar-refractivity contribution in [3.05, 3.63) is 48.3 Å². The van der Waals surface area contributed by atoms with Gasteiger partial charge in [-0.2, -0.15) is 5.10 Å². The van der Waals surface area contributed by atoms with Crippen LogP contribution < -0.4 is 5.32 Å². The normalized spacial score (nSPS) is 15.5. The number of anilines is 1. The summed E-state index contributed by atoms with van der Waals surface area (Å²) in [5, 5.41) is 7.87. The van der Waals surface area contributed by atoms with E-state index < -0.39 is 0 Å². The lowest BCUT2D eigenvalue weighted by Gasteiger charge is -2.28. The fourth-order valence-electron chi connectivity index (χ4n) is 2.14. The van der Waals surface area contributed by atoms with Crippen molar-refractivity contribution in [1.29, 1.82) is 0 Å². The van der Waals surface area contributed by atoms with Gasteiger partial charge in [-0.15, -0.1) is 0 Å². The number of aromatic nitrogens is 2. The van der Waals surface area contributed by atoms with Gasteiger partial charge in [0.05, 0.1) is 6.54 Å². The number of para-hydroxylation sites is 1. The van der Waals surface area contributed by atoms with Crippen LogP contribution in [0.5, 0.6) is 0 Å². The van der Waals surface area contributed by atoms with E-state index in [0.29, 0.717) is 6.04 Å². The van der Waals surface area contributed by atoms with Crippen LogP contribution in [0.15, 0.2) is 42.7 Å². The maximum absolute atomic E-state index is 4.25. The van der Waals surface area contributed by atoms with Crippen LogP contribution in [-0.2, 0) is 6.54 Å². The molecular weight excluding hydrogens is 210 g/mol. The van der Waals surface area contributed by atoms with Crippen molar-refractivity contribution in [2.24, 2.45) is 0 Å². The molecule has 1 heterocycles. The smallest absolute Gasteiger partial charge is 0.0679 e. The predicted molar refractivity (Wildman–Crippen MR) is 69.0 cm³/mol. The minimum atomic E-state index is 0.675. The van der Waals surface area contributed by atoms with Gasteiger partial charge < -0.3 is 5.32 Å². The highest BCUT2D eigenvalue weighted by atomic mass is 15.3. The van der Waals surface area contributed by atoms with Crippen LogP contribution in [-0.4, -0.2) is 15.8 Å². The minimum absolute atomic E-state index is 0.675. The van der Waals surface area contributed by atoms with Gasteiger partial charge >= 0.3 is 0 Å². The molecule has 1 aromatic heterocycles. The molecule has 1 aliphatic carbocycles. The summed E-state index contributed by atoms with van der Waals surface area (Å²) in [5.74, 6) is 0. The second kappa shape index (κ2) is 4.62. The van der Waals surface area contributed by atoms with Crippen LogP contribution in [0.3, 0.4) is 0 Å². The van der Waals surface area contributed by atoms with Gasteiger partial charge in [-0.1, -0.05) is 18.2 Å². The summed E-state index contributed by atoms with van der Waals surface area (Å²) in [5.41, 5.74) is 2.57. The standard InChI is InChI=1S/C14H17N3/c1-2-8-14(16-13-6-3-7-13)12(5-1)11-17-10-4-9-15-17/h1-2,4-5,8-10,13,16H,3,6-7,11H2. The average molecular weight is 227 g/mol. The molecule has 0 radical (unpaired) electrons. The second-order valence-electron chi connectivity index (χ2n) is 4.63. The van der Waals surface area contributed by atoms with E-state index in [-0.39, 0.29) is 0 Å². The summed E-state index contributed by atoms with van der Waals surface area (Å²) in [6.07, 6.45) is 7.79. The number of rotatable bonds is 4. The molecule has 0 amide bonds. The molecule has 1 saturated carbocycles. The molecule has 1 aromatic carbocycles. The average Bonchev–Trinajstić information content (AvgIpc) is 2.78. The van der Waals surface area contributed by atoms with E-state index in [4.69, 9.17) is 0 Å². The van der Waals surface area contributed by atoms with Gasteiger partial charge in [-0.3, -0.25) is 4.68 Å². The zero-order valence-corrected chi connectivity index (χ0v) is 9.84. The van der Waals surface area contributed by atoms with Gasteiger partial charge in [0, 0.05) is 24.1 Å². The zero-order chi connectivity index (χ0) is 11.5. The molecule has 88 valence electrons. The van der Waals surface area contributed by atoms with E-state index in [0.717, 1.165) is 6.54 Å². The summed E-state index contributed by atoms with van der Waals surface area (Å²) >= 11 is 0. The first kappa shape index (κ1) is 10.4. The third kappa shape index (κ3) is 2.33. The molecule has 0 aliphatic heterocycles. The van der Waals surface area contributed by atoms with Crippen molar-refractivity contribution in [1.82, 2.24) is 9.78 Å². The van der Waals surface area contributed by atoms with E-state index in [1.54, 1.807) is 0 Å². The van der Waals surface area contributed by atoms with Crippen LogP contribution >= 0.6 is 0 Å². The van der Waals surface area contributed by atoms with Crippen molar-refractivity contribution in [2.45, 2.75) is 31.8 Å². The minimum Gasteiger partial charge on any atom is -0.382 e. The first-order chi connectivity index (χ1) is 8.42. The fraction of sp³-hybridized carbons (Fsp3) is 0.357. The largest absolute Gasteiger partial charge is 0.382 e. The Labute approximate surface area is 101 Å². The van der Waals surface area contributed by atoms with Gasteiger partial charge in [0.15, 0.2) is 0 Å². The quantitative estimate of drug-likeness (QED) is 0.870. The summed E-state index contributed by atoms with van der Waals surface area (Å²) in [6, 6.07) is 11.1. The molecule has 0 atom stereocenters. The maximum Gasteiger partial charge on any atom is 0.0679 e. The van der Waals surface area contributed by atoms with Gasteiger partial charge in [0.25, 0.3) is 0 Å². The molecule has 2 aromatic rings. The first-order valence-electron chi connectivity index (χ1n) is 6.24. The molecule has 17 heavy (non-hydrogen) atoms. The van der Waals surface area contributed by atoms with Crippen molar-refractivity contribution >= 4 is 5.69 Å². The molecule has 0 unspecified atom stereocenters. The van der Waals surface area contributed by atoms with Crippen LogP contribution in [0.4, 0.5) is 5.69 Å². The molecule has 0 bridgehead atoms. The van der Waals surface area contributed by atoms with Crippen LogP contribution in [0, 0.1) is 0 Å². The molecule has 1 aliphatic rings. The topological polar surface area (TPSA) is 29.9 Å². The van der Waals surface area contributed by atoms with Crippen molar-refractivity contribution in [2.75, 3.05) is 5.32 Å². The summed E-state index contributed by atoms with van der Waals surface area (Å²) in [4.78, 5) is 0. The Hall–Kier alpha value is -1.77. The van der Waals surface area contributed by atoms with E-state index in [2.05, 4.69) is 34.7 Å². The number of hydrogen-bond acceptors (Lipinski definition) is 2. The zero-order valence-electron chi connectivity index (χ0n) is 9.84. The van der Waals surface area contributed by atoms with Crippen molar-refractivity contribution in [3.8, 4) is 0 Å². The van der Waals surface area contributed by atoms with Crippen LogP contribution in [0.2, 0.25) is 0 Å². The Kier molecular flexibility index (Phi) is 2.82. The Bertz CT molecular complexity index is 472. The van der Waals surface area contributed by atoms with Gasteiger partial charge in [0.1, 0.15) is 0 Å². The molecular formula is C14H17N3. The molecule has 3 rings (SSSR count). The third-order valence-electron chi connectivity index (χ3n) is 3.37. The monoisotopic (exact) mass is 227 g/mol. The highest BCUT2D eigenvalue weighted by Crippen LogP contribution is 2.25. The molecule has 0 saturated heterocycles. The Morgan fingerprint density at radius 3 is 2.82 bits per heavy atom. The summed E-state index contributed by atoms with van der Waals surface area (Å²) in [6.45, 7) is 0.836. The van der Waals surface area contributed by atoms with Gasteiger partial charge in [0.2, 0.25) is 0 Å². The lowest BCUT2D eigenvalue weighted by atomic mass is 9.92. The first-order valence-corrected chi connectivity index (χ1v) is 6.24. The van der Waals surface area contributed by atoms with Crippen LogP contribution in [0.1, 0.15) is 24.8 Å². The number of nitrogens with one attached hydrogen (secondary N) is 1. The molecule has 1 fully saturated rings. The predicted octanol–water partition coefficient (Wildman–Crippen LogP) is 2.90. The van der Waals surface area contributed by atoms with Gasteiger partial charge in [-0.25, -0.2) is 0 Å². The van der Waals surface area contributed by atoms with E-state index >= 15 is 0 Å². The third-order valence-corrected chi connectivity index (χ3v) is 3.37. The molecule has 1 N–H and O–H groups in total. The van der Waals surface area contributed by atoms with Crippen molar-refractivity contribution in [3.63, 3.8) is 0 Å². The molecule has 3 heteroatoms. The van der Waals surface area contributed by atoms with Gasteiger partial charge in [-0.05, 0) is 37.0 Å². The fourth-order valence-corrected chi connectivity index (χ4v) is 2.14. The van der Waals surface area contributed by atoms with Crippen molar-refractivity contribution < 1.29 is 0 Å². The Balaban J connectivity index is 1.77. The summed E-state index contributed by atoms with van der Waals surface area (Å²) < 4.78 is 1.96. The SMILES string of the molecule is c1ccc(NC2CCC2)c(Cn2cccn2)c1. The summed E-state index contributed by atoms with van der Waals surface area (Å²) in [7, 11) is 0. The molecule has 0 spiro atoms. The Morgan fingerprint density at radius 1 is 1.24 bits per heavy atom. The second-order valence-corrected chi connectivity index (χ2v) is 4.63. The van der Waals surface area contributed by atoms with Crippen LogP contribution in [0.25, 0.3) is 0 Å². The number of hydrogen-bond donors (Lipinski definition) is 1. The number of nitrogens with zero attached hydrogens (tertiary/aromatic N) is 2. The van der Waals surface area contributed by atoms with E-state index in [1.165, 1.54) is 30.5 Å². The maximum atomic E-state index is 4.25. The Morgan fingerprint density at radius 2 is 2.12 bits per heavy atom. The van der Waals surface area contributed by atoms with E-state index in [9.17, 15) is 0 Å².